The zero-order valence-corrected chi connectivity index (χ0v) is 14.5. The van der Waals surface area contributed by atoms with Gasteiger partial charge in [0.2, 0.25) is 5.91 Å². The molecule has 1 aliphatic rings. The monoisotopic (exact) mass is 339 g/mol. The van der Waals surface area contributed by atoms with Crippen LogP contribution in [0.1, 0.15) is 27.2 Å². The number of nitrogens with one attached hydrogen (secondary N) is 2. The van der Waals surface area contributed by atoms with E-state index in [2.05, 4.69) is 10.6 Å². The second-order valence-electron chi connectivity index (χ2n) is 6.52. The molecule has 2 rings (SSSR count). The molecular formula is C16H22ClN3O3. The van der Waals surface area contributed by atoms with E-state index in [4.69, 9.17) is 16.3 Å². The van der Waals surface area contributed by atoms with Gasteiger partial charge in [0.25, 0.3) is 0 Å². The Bertz CT molecular complexity index is 613. The molecule has 1 atom stereocenters. The van der Waals surface area contributed by atoms with Crippen molar-refractivity contribution in [3.63, 3.8) is 0 Å². The topological polar surface area (TPSA) is 70.7 Å². The number of hydrogen-bond acceptors (Lipinski definition) is 3. The van der Waals surface area contributed by atoms with Crippen LogP contribution in [0.15, 0.2) is 18.2 Å². The number of likely N-dealkylation sites (tertiary alicyclic amines) is 1. The van der Waals surface area contributed by atoms with Crippen LogP contribution in [0, 0.1) is 0 Å². The highest BCUT2D eigenvalue weighted by atomic mass is 35.5. The Morgan fingerprint density at radius 3 is 2.65 bits per heavy atom. The van der Waals surface area contributed by atoms with Crippen LogP contribution >= 0.6 is 11.6 Å². The summed E-state index contributed by atoms with van der Waals surface area (Å²) in [5.74, 6) is 0.562. The predicted molar refractivity (Wildman–Crippen MR) is 90.0 cm³/mol. The molecule has 0 aliphatic carbocycles. The number of halogens is 1. The Morgan fingerprint density at radius 1 is 1.39 bits per heavy atom. The SMILES string of the molecule is COc1ccc(Cl)cc1NC(=O)NC1CC(=O)N(C(C)(C)C)C1. The maximum atomic E-state index is 12.2. The van der Waals surface area contributed by atoms with Gasteiger partial charge in [0.05, 0.1) is 18.8 Å². The third-order valence-electron chi connectivity index (χ3n) is 3.68. The number of ether oxygens (including phenoxy) is 1. The predicted octanol–water partition coefficient (Wildman–Crippen LogP) is 2.87. The van der Waals surface area contributed by atoms with Crippen molar-refractivity contribution in [3.8, 4) is 5.75 Å². The van der Waals surface area contributed by atoms with Crippen LogP contribution in [0.25, 0.3) is 0 Å². The van der Waals surface area contributed by atoms with Gasteiger partial charge in [-0.2, -0.15) is 0 Å². The first-order valence-electron chi connectivity index (χ1n) is 7.42. The highest BCUT2D eigenvalue weighted by Gasteiger charge is 2.36. The van der Waals surface area contributed by atoms with Crippen molar-refractivity contribution in [2.75, 3.05) is 19.0 Å². The minimum Gasteiger partial charge on any atom is -0.495 e. The first kappa shape index (κ1) is 17.4. The number of urea groups is 1. The van der Waals surface area contributed by atoms with Gasteiger partial charge in [-0.3, -0.25) is 4.79 Å². The van der Waals surface area contributed by atoms with Gasteiger partial charge >= 0.3 is 6.03 Å². The van der Waals surface area contributed by atoms with Gasteiger partial charge in [-0.1, -0.05) is 11.6 Å². The zero-order valence-electron chi connectivity index (χ0n) is 13.8. The molecular weight excluding hydrogens is 318 g/mol. The van der Waals surface area contributed by atoms with Crippen molar-refractivity contribution in [2.24, 2.45) is 0 Å². The van der Waals surface area contributed by atoms with E-state index in [1.54, 1.807) is 23.1 Å². The zero-order chi connectivity index (χ0) is 17.2. The molecule has 126 valence electrons. The first-order valence-corrected chi connectivity index (χ1v) is 7.80. The van der Waals surface area contributed by atoms with E-state index in [1.807, 2.05) is 20.8 Å². The van der Waals surface area contributed by atoms with Crippen LogP contribution in [0.5, 0.6) is 5.75 Å². The molecule has 1 aliphatic heterocycles. The minimum absolute atomic E-state index is 0.0446. The maximum absolute atomic E-state index is 12.2. The standard InChI is InChI=1S/C16H22ClN3O3/c1-16(2,3)20-9-11(8-14(20)21)18-15(22)19-12-7-10(17)5-6-13(12)23-4/h5-7,11H,8-9H2,1-4H3,(H2,18,19,22). The van der Waals surface area contributed by atoms with Crippen molar-refractivity contribution < 1.29 is 14.3 Å². The first-order chi connectivity index (χ1) is 10.7. The summed E-state index contributed by atoms with van der Waals surface area (Å²) < 4.78 is 5.19. The molecule has 3 amide bonds. The van der Waals surface area contributed by atoms with E-state index in [-0.39, 0.29) is 23.5 Å². The maximum Gasteiger partial charge on any atom is 0.319 e. The molecule has 0 radical (unpaired) electrons. The lowest BCUT2D eigenvalue weighted by Crippen LogP contribution is -2.45. The number of carbonyl (C=O) groups excluding carboxylic acids is 2. The van der Waals surface area contributed by atoms with Gasteiger partial charge < -0.3 is 20.3 Å². The summed E-state index contributed by atoms with van der Waals surface area (Å²) in [6, 6.07) is 4.37. The molecule has 1 fully saturated rings. The van der Waals surface area contributed by atoms with Crippen molar-refractivity contribution in [1.82, 2.24) is 10.2 Å². The fourth-order valence-electron chi connectivity index (χ4n) is 2.57. The summed E-state index contributed by atoms with van der Waals surface area (Å²) in [6.07, 6.45) is 0.303. The molecule has 7 heteroatoms. The van der Waals surface area contributed by atoms with E-state index in [0.717, 1.165) is 0 Å². The Hall–Kier alpha value is -1.95. The number of amides is 3. The molecule has 2 N–H and O–H groups in total. The fourth-order valence-corrected chi connectivity index (χ4v) is 2.75. The average molecular weight is 340 g/mol. The van der Waals surface area contributed by atoms with Crippen LogP contribution in [0.3, 0.4) is 0 Å². The summed E-state index contributed by atoms with van der Waals surface area (Å²) in [6.45, 7) is 6.43. The Labute approximate surface area is 141 Å². The number of benzene rings is 1. The molecule has 0 aromatic heterocycles. The van der Waals surface area contributed by atoms with Gasteiger partial charge in [-0.15, -0.1) is 0 Å². The molecule has 0 bridgehead atoms. The number of anilines is 1. The summed E-state index contributed by atoms with van der Waals surface area (Å²) in [7, 11) is 1.52. The molecule has 1 heterocycles. The van der Waals surface area contributed by atoms with Crippen molar-refractivity contribution in [1.29, 1.82) is 0 Å². The Kier molecular flexibility index (Phi) is 5.04. The second-order valence-corrected chi connectivity index (χ2v) is 6.96. The number of hydrogen-bond donors (Lipinski definition) is 2. The molecule has 0 spiro atoms. The Morgan fingerprint density at radius 2 is 2.09 bits per heavy atom. The van der Waals surface area contributed by atoms with E-state index < -0.39 is 0 Å². The third kappa shape index (κ3) is 4.28. The summed E-state index contributed by atoms with van der Waals surface area (Å²) in [5.41, 5.74) is 0.231. The van der Waals surface area contributed by atoms with E-state index in [9.17, 15) is 9.59 Å². The highest BCUT2D eigenvalue weighted by Crippen LogP contribution is 2.28. The molecule has 23 heavy (non-hydrogen) atoms. The third-order valence-corrected chi connectivity index (χ3v) is 3.91. The summed E-state index contributed by atoms with van der Waals surface area (Å²) >= 11 is 5.94. The molecule has 1 aromatic rings. The van der Waals surface area contributed by atoms with Crippen LogP contribution in [-0.2, 0) is 4.79 Å². The van der Waals surface area contributed by atoms with Gasteiger partial charge in [-0.05, 0) is 39.0 Å². The van der Waals surface area contributed by atoms with Crippen LogP contribution in [-0.4, -0.2) is 42.1 Å². The van der Waals surface area contributed by atoms with E-state index >= 15 is 0 Å². The lowest BCUT2D eigenvalue weighted by molar-refractivity contribution is -0.131. The largest absolute Gasteiger partial charge is 0.495 e. The molecule has 1 aromatic carbocycles. The van der Waals surface area contributed by atoms with Gasteiger partial charge in [0.15, 0.2) is 0 Å². The summed E-state index contributed by atoms with van der Waals surface area (Å²) in [4.78, 5) is 26.0. The summed E-state index contributed by atoms with van der Waals surface area (Å²) in [5, 5.41) is 6.02. The molecule has 1 saturated heterocycles. The average Bonchev–Trinajstić information content (AvgIpc) is 2.79. The second kappa shape index (κ2) is 6.66. The Balaban J connectivity index is 1.99. The fraction of sp³-hybridized carbons (Fsp3) is 0.500. The smallest absolute Gasteiger partial charge is 0.319 e. The lowest BCUT2D eigenvalue weighted by Gasteiger charge is -2.32. The van der Waals surface area contributed by atoms with Crippen molar-refractivity contribution >= 4 is 29.2 Å². The van der Waals surface area contributed by atoms with Gasteiger partial charge in [0.1, 0.15) is 5.75 Å². The normalized spacial score (nSPS) is 18.0. The number of rotatable bonds is 3. The molecule has 1 unspecified atom stereocenters. The lowest BCUT2D eigenvalue weighted by atomic mass is 10.1. The van der Waals surface area contributed by atoms with E-state index in [0.29, 0.717) is 29.4 Å². The van der Waals surface area contributed by atoms with Crippen molar-refractivity contribution in [2.45, 2.75) is 38.8 Å². The van der Waals surface area contributed by atoms with E-state index in [1.165, 1.54) is 7.11 Å². The minimum atomic E-state index is -0.390. The highest BCUT2D eigenvalue weighted by molar-refractivity contribution is 6.31. The number of methoxy groups -OCH3 is 1. The van der Waals surface area contributed by atoms with Crippen LogP contribution < -0.4 is 15.4 Å². The number of carbonyl (C=O) groups is 2. The molecule has 0 saturated carbocycles. The van der Waals surface area contributed by atoms with Gasteiger partial charge in [0, 0.05) is 23.5 Å². The number of nitrogens with zero attached hydrogens (tertiary/aromatic N) is 1. The quantitative estimate of drug-likeness (QED) is 0.889. The van der Waals surface area contributed by atoms with Gasteiger partial charge in [-0.25, -0.2) is 4.79 Å². The molecule has 6 nitrogen and oxygen atoms in total. The van der Waals surface area contributed by atoms with Crippen molar-refractivity contribution in [3.05, 3.63) is 23.2 Å². The van der Waals surface area contributed by atoms with Crippen LogP contribution in [0.2, 0.25) is 5.02 Å². The van der Waals surface area contributed by atoms with Crippen LogP contribution in [0.4, 0.5) is 10.5 Å².